The van der Waals surface area contributed by atoms with E-state index in [4.69, 9.17) is 53.1 Å². The molecule has 2 aliphatic heterocycles. The second-order valence-electron chi connectivity index (χ2n) is 15.3. The quantitative estimate of drug-likeness (QED) is 0.0312. The summed E-state index contributed by atoms with van der Waals surface area (Å²) in [5.41, 5.74) is 13.7. The molecule has 0 atom stereocenters. The first-order chi connectivity index (χ1) is 30.3. The van der Waals surface area contributed by atoms with Crippen molar-refractivity contribution in [3.63, 3.8) is 0 Å². The third-order valence-electron chi connectivity index (χ3n) is 10.8. The van der Waals surface area contributed by atoms with Crippen molar-refractivity contribution in [3.8, 4) is 29.1 Å². The molecule has 0 radical (unpaired) electrons. The highest BCUT2D eigenvalue weighted by atomic mass is 16.5. The number of hydrogen-bond donors (Lipinski definition) is 4. The lowest BCUT2D eigenvalue weighted by molar-refractivity contribution is 0.120. The maximum atomic E-state index is 8.82. The zero-order valence-corrected chi connectivity index (χ0v) is 35.9. The molecule has 6 rings (SSSR count). The summed E-state index contributed by atoms with van der Waals surface area (Å²) in [6.07, 6.45) is 3.98. The van der Waals surface area contributed by atoms with E-state index >= 15 is 0 Å². The molecular weight excluding hydrogens is 781 g/mol. The van der Waals surface area contributed by atoms with Crippen LogP contribution in [0.3, 0.4) is 0 Å². The lowest BCUT2D eigenvalue weighted by Gasteiger charge is -2.34. The van der Waals surface area contributed by atoms with E-state index in [-0.39, 0.29) is 11.7 Å². The van der Waals surface area contributed by atoms with Gasteiger partial charge in [-0.05, 0) is 111 Å². The molecule has 62 heavy (non-hydrogen) atoms. The monoisotopic (exact) mass is 842 g/mol. The first kappa shape index (κ1) is 46.9. The molecule has 0 saturated carbocycles. The Labute approximate surface area is 367 Å². The summed E-state index contributed by atoms with van der Waals surface area (Å²) >= 11 is 0. The highest BCUT2D eigenvalue weighted by molar-refractivity contribution is 5.95. The van der Waals surface area contributed by atoms with Crippen molar-refractivity contribution >= 4 is 17.4 Å². The Morgan fingerprint density at radius 2 is 0.774 bits per heavy atom. The second-order valence-corrected chi connectivity index (χ2v) is 15.3. The summed E-state index contributed by atoms with van der Waals surface area (Å²) in [6.45, 7) is 22.6. The van der Waals surface area contributed by atoms with Crippen LogP contribution in [0.2, 0.25) is 0 Å². The maximum absolute atomic E-state index is 8.82. The van der Waals surface area contributed by atoms with Crippen molar-refractivity contribution in [1.82, 2.24) is 19.6 Å². The molecule has 4 aromatic rings. The molecule has 0 aliphatic carbocycles. The van der Waals surface area contributed by atoms with Gasteiger partial charge in [-0.15, -0.1) is 0 Å². The van der Waals surface area contributed by atoms with Gasteiger partial charge in [0.05, 0.1) is 44.6 Å². The molecule has 2 aliphatic rings. The number of piperazine rings is 2. The number of ether oxygens (including phenoxy) is 4. The van der Waals surface area contributed by atoms with E-state index in [1.807, 2.05) is 72.8 Å². The predicted octanol–water partition coefficient (Wildman–Crippen LogP) is 6.08. The Hall–Kier alpha value is -6.16. The number of nitrogen functional groups attached to an aromatic ring is 2. The van der Waals surface area contributed by atoms with Crippen molar-refractivity contribution in [2.45, 2.75) is 25.7 Å². The molecule has 2 saturated heterocycles. The van der Waals surface area contributed by atoms with Crippen LogP contribution in [0.5, 0.6) is 23.0 Å². The van der Waals surface area contributed by atoms with E-state index < -0.39 is 0 Å². The molecular formula is C48H62N10O4. The Bertz CT molecular complexity index is 1850. The highest BCUT2D eigenvalue weighted by Gasteiger charge is 2.17. The number of rotatable bonds is 22. The zero-order valence-electron chi connectivity index (χ0n) is 35.9. The van der Waals surface area contributed by atoms with Gasteiger partial charge in [0.25, 0.3) is 0 Å². The fraction of sp³-hybridized carbons (Fsp3) is 0.417. The summed E-state index contributed by atoms with van der Waals surface area (Å²) in [5, 5.41) is 23.6. The van der Waals surface area contributed by atoms with Gasteiger partial charge in [-0.25, -0.2) is 4.85 Å². The molecule has 0 spiro atoms. The highest BCUT2D eigenvalue weighted by Crippen LogP contribution is 2.19. The molecule has 0 bridgehead atoms. The van der Waals surface area contributed by atoms with Crippen molar-refractivity contribution in [1.29, 1.82) is 16.1 Å². The molecule has 14 nitrogen and oxygen atoms in total. The van der Waals surface area contributed by atoms with Gasteiger partial charge >= 0.3 is 0 Å². The fourth-order valence-electron chi connectivity index (χ4n) is 7.09. The third kappa shape index (κ3) is 17.1. The number of nitrogens with one attached hydrogen (secondary N) is 2. The van der Waals surface area contributed by atoms with Crippen molar-refractivity contribution in [2.75, 3.05) is 105 Å². The minimum absolute atomic E-state index is 0.0728. The van der Waals surface area contributed by atoms with Crippen LogP contribution in [0.15, 0.2) is 97.1 Å². The van der Waals surface area contributed by atoms with Gasteiger partial charge in [0.1, 0.15) is 34.7 Å². The summed E-state index contributed by atoms with van der Waals surface area (Å²) < 4.78 is 23.1. The van der Waals surface area contributed by atoms with E-state index in [0.717, 1.165) is 127 Å². The van der Waals surface area contributed by atoms with Gasteiger partial charge in [0.15, 0.2) is 5.69 Å². The van der Waals surface area contributed by atoms with Crippen LogP contribution in [0.1, 0.15) is 42.4 Å². The summed E-state index contributed by atoms with van der Waals surface area (Å²) in [7, 11) is 0. The summed E-state index contributed by atoms with van der Waals surface area (Å²) in [4.78, 5) is 13.4. The lowest BCUT2D eigenvalue weighted by Crippen LogP contribution is -2.47. The fourth-order valence-corrected chi connectivity index (χ4v) is 7.09. The Kier molecular flexibility index (Phi) is 19.8. The van der Waals surface area contributed by atoms with Crippen LogP contribution >= 0.6 is 0 Å². The van der Waals surface area contributed by atoms with Gasteiger partial charge in [-0.3, -0.25) is 10.8 Å². The SMILES string of the molecule is N=C(N)c1ccc(OCCCN2CCN(CCCOc3ccc(C(=N)N)cc3)CC2)cc1.[C-]#[N+]c1ccc(OCCCN2CCN(CCCOc3ccc(C#N)cc3)CC2)cc1. The number of nitrogens with zero attached hydrogens (tertiary/aromatic N) is 6. The Balaban J connectivity index is 0.000000235. The van der Waals surface area contributed by atoms with Gasteiger partial charge in [-0.1, -0.05) is 12.1 Å². The molecule has 2 fully saturated rings. The number of nitrogens with two attached hydrogens (primary N) is 2. The van der Waals surface area contributed by atoms with E-state index in [1.165, 1.54) is 0 Å². The van der Waals surface area contributed by atoms with Crippen LogP contribution in [0.4, 0.5) is 5.69 Å². The number of benzene rings is 4. The normalized spacial score (nSPS) is 14.7. The largest absolute Gasteiger partial charge is 0.494 e. The Morgan fingerprint density at radius 1 is 0.500 bits per heavy atom. The molecule has 4 aromatic carbocycles. The van der Waals surface area contributed by atoms with Crippen molar-refractivity contribution < 1.29 is 18.9 Å². The summed E-state index contributed by atoms with van der Waals surface area (Å²) in [5.74, 6) is 3.43. The molecule has 0 amide bonds. The zero-order chi connectivity index (χ0) is 43.8. The third-order valence-corrected chi connectivity index (χ3v) is 10.8. The van der Waals surface area contributed by atoms with E-state index in [0.29, 0.717) is 48.8 Å². The van der Waals surface area contributed by atoms with Crippen LogP contribution in [0.25, 0.3) is 4.85 Å². The summed E-state index contributed by atoms with van der Waals surface area (Å²) in [6, 6.07) is 31.4. The van der Waals surface area contributed by atoms with E-state index in [9.17, 15) is 0 Å². The van der Waals surface area contributed by atoms with Crippen LogP contribution in [0, 0.1) is 28.7 Å². The average Bonchev–Trinajstić information content (AvgIpc) is 3.31. The van der Waals surface area contributed by atoms with Gasteiger partial charge in [-0.2, -0.15) is 5.26 Å². The average molecular weight is 843 g/mol. The van der Waals surface area contributed by atoms with Gasteiger partial charge in [0, 0.05) is 89.7 Å². The number of amidine groups is 2. The second kappa shape index (κ2) is 26.2. The minimum atomic E-state index is 0.0728. The number of nitriles is 1. The smallest absolute Gasteiger partial charge is 0.187 e. The minimum Gasteiger partial charge on any atom is -0.494 e. The Morgan fingerprint density at radius 3 is 1.03 bits per heavy atom. The van der Waals surface area contributed by atoms with E-state index in [2.05, 4.69) is 30.5 Å². The van der Waals surface area contributed by atoms with Crippen LogP contribution in [-0.2, 0) is 0 Å². The maximum Gasteiger partial charge on any atom is 0.187 e. The number of hydrogen-bond acceptors (Lipinski definition) is 11. The van der Waals surface area contributed by atoms with Gasteiger partial charge in [0.2, 0.25) is 0 Å². The first-order valence-electron chi connectivity index (χ1n) is 21.5. The van der Waals surface area contributed by atoms with E-state index in [1.54, 1.807) is 24.3 Å². The molecule has 0 aromatic heterocycles. The van der Waals surface area contributed by atoms with Crippen LogP contribution < -0.4 is 30.4 Å². The first-order valence-corrected chi connectivity index (χ1v) is 21.5. The molecule has 0 unspecified atom stereocenters. The standard InChI is InChI=1S/C24H34N6O2.C24H28N4O2/c25-23(26)19-3-7-21(8-4-19)31-17-1-11-29-13-15-30(16-14-29)12-2-18-32-22-9-5-20(6-10-22)24(27)28;1-26-22-6-10-24(11-7-22)30-19-3-13-28-16-14-27(15-17-28)12-2-18-29-23-8-4-21(20-25)5-9-23/h3-10H,1-2,11-18H2,(H3,25,26)(H3,27,28);4-11H,2-3,12-19H2. The van der Waals surface area contributed by atoms with Gasteiger partial charge < -0.3 is 50.0 Å². The molecule has 2 heterocycles. The molecule has 14 heteroatoms. The van der Waals surface area contributed by atoms with Crippen molar-refractivity contribution in [3.05, 3.63) is 125 Å². The van der Waals surface area contributed by atoms with Crippen molar-refractivity contribution in [2.24, 2.45) is 11.5 Å². The molecule has 6 N–H and O–H groups in total. The lowest BCUT2D eigenvalue weighted by atomic mass is 10.2. The van der Waals surface area contributed by atoms with Crippen LogP contribution in [-0.4, -0.2) is 136 Å². The molecule has 328 valence electrons. The predicted molar refractivity (Wildman–Crippen MR) is 245 cm³/mol. The topological polar surface area (TPSA) is 178 Å².